The molecule has 7 heteroatoms. The number of aromatic nitrogens is 1. The van der Waals surface area contributed by atoms with Gasteiger partial charge >= 0.3 is 0 Å². The van der Waals surface area contributed by atoms with Crippen molar-refractivity contribution in [2.75, 3.05) is 19.0 Å². The molecule has 3 nitrogen and oxygen atoms in total. The van der Waals surface area contributed by atoms with Gasteiger partial charge in [-0.2, -0.15) is 0 Å². The van der Waals surface area contributed by atoms with Crippen LogP contribution in [0.15, 0.2) is 22.8 Å². The molecule has 0 N–H and O–H groups in total. The largest absolute Gasteiger partial charge is 0.330 e. The third-order valence-corrected chi connectivity index (χ3v) is 2.58. The summed E-state index contributed by atoms with van der Waals surface area (Å²) >= 11 is 8.64. The lowest BCUT2D eigenvalue weighted by Crippen LogP contribution is -2.37. The number of carbonyl (C=O) groups excluding carboxylic acids is 1. The number of hydrogen-bond donors (Lipinski definition) is 0. The van der Waals surface area contributed by atoms with Crippen molar-refractivity contribution in [3.63, 3.8) is 0 Å². The molecule has 17 heavy (non-hydrogen) atoms. The van der Waals surface area contributed by atoms with Crippen LogP contribution in [0.1, 0.15) is 10.5 Å². The maximum atomic E-state index is 12.3. The van der Waals surface area contributed by atoms with Crippen molar-refractivity contribution in [2.24, 2.45) is 0 Å². The first kappa shape index (κ1) is 14.3. The van der Waals surface area contributed by atoms with Crippen LogP contribution < -0.4 is 0 Å². The van der Waals surface area contributed by atoms with E-state index >= 15 is 0 Å². The predicted molar refractivity (Wildman–Crippen MR) is 64.6 cm³/mol. The van der Waals surface area contributed by atoms with Crippen LogP contribution in [0.5, 0.6) is 0 Å². The molecule has 1 amide bonds. The average Bonchev–Trinajstić information content (AvgIpc) is 2.28. The number of amides is 1. The van der Waals surface area contributed by atoms with Crippen LogP contribution in [0, 0.1) is 0 Å². The minimum absolute atomic E-state index is 0.0719. The second-order valence-corrected chi connectivity index (χ2v) is 4.49. The first-order chi connectivity index (χ1) is 8.04. The summed E-state index contributed by atoms with van der Waals surface area (Å²) in [7, 11) is 0. The molecule has 94 valence electrons. The van der Waals surface area contributed by atoms with Gasteiger partial charge in [-0.05, 0) is 28.1 Å². The van der Waals surface area contributed by atoms with Crippen LogP contribution in [0.3, 0.4) is 0 Å². The zero-order valence-corrected chi connectivity index (χ0v) is 11.1. The molecule has 0 saturated carbocycles. The van der Waals surface area contributed by atoms with Crippen LogP contribution >= 0.6 is 27.5 Å². The smallest absolute Gasteiger partial charge is 0.272 e. The molecule has 0 unspecified atom stereocenters. The topological polar surface area (TPSA) is 33.2 Å². The van der Waals surface area contributed by atoms with Crippen LogP contribution in [-0.4, -0.2) is 41.2 Å². The van der Waals surface area contributed by atoms with Gasteiger partial charge in [-0.3, -0.25) is 4.79 Å². The summed E-state index contributed by atoms with van der Waals surface area (Å²) in [5, 5.41) is 0. The summed E-state index contributed by atoms with van der Waals surface area (Å²) in [5.41, 5.74) is 0.124. The van der Waals surface area contributed by atoms with Crippen LogP contribution in [-0.2, 0) is 0 Å². The molecular weight excluding hydrogens is 317 g/mol. The Balaban J connectivity index is 2.79. The van der Waals surface area contributed by atoms with E-state index in [0.717, 1.165) is 4.90 Å². The fourth-order valence-corrected chi connectivity index (χ4v) is 1.65. The second kappa shape index (κ2) is 6.86. The summed E-state index contributed by atoms with van der Waals surface area (Å²) in [6.45, 7) is -0.564. The van der Waals surface area contributed by atoms with Crippen LogP contribution in [0.4, 0.5) is 8.78 Å². The molecule has 0 saturated heterocycles. The summed E-state index contributed by atoms with van der Waals surface area (Å²) in [6.07, 6.45) is -1.15. The number of nitrogens with zero attached hydrogens (tertiary/aromatic N) is 2. The molecule has 0 fully saturated rings. The maximum absolute atomic E-state index is 12.3. The van der Waals surface area contributed by atoms with Crippen LogP contribution in [0.2, 0.25) is 0 Å². The summed E-state index contributed by atoms with van der Waals surface area (Å²) in [4.78, 5) is 16.7. The average molecular weight is 328 g/mol. The molecule has 0 aromatic carbocycles. The Morgan fingerprint density at radius 2 is 2.24 bits per heavy atom. The first-order valence-corrected chi connectivity index (χ1v) is 6.12. The highest BCUT2D eigenvalue weighted by molar-refractivity contribution is 9.10. The minimum Gasteiger partial charge on any atom is -0.330 e. The summed E-state index contributed by atoms with van der Waals surface area (Å²) < 4.78 is 25.3. The van der Waals surface area contributed by atoms with Crippen molar-refractivity contribution >= 4 is 33.4 Å². The van der Waals surface area contributed by atoms with Gasteiger partial charge in [-0.25, -0.2) is 13.8 Å². The Bertz CT molecular complexity index is 375. The number of alkyl halides is 3. The first-order valence-electron chi connectivity index (χ1n) is 4.79. The highest BCUT2D eigenvalue weighted by Gasteiger charge is 2.20. The van der Waals surface area contributed by atoms with E-state index in [2.05, 4.69) is 20.9 Å². The molecule has 0 atom stereocenters. The number of pyridine rings is 1. The molecule has 0 bridgehead atoms. The zero-order valence-electron chi connectivity index (χ0n) is 8.75. The molecule has 1 aromatic rings. The Hall–Kier alpha value is -0.750. The molecule has 1 aromatic heterocycles. The molecule has 0 radical (unpaired) electrons. The Morgan fingerprint density at radius 1 is 1.53 bits per heavy atom. The van der Waals surface area contributed by atoms with Gasteiger partial charge in [0.2, 0.25) is 0 Å². The Morgan fingerprint density at radius 3 is 2.71 bits per heavy atom. The van der Waals surface area contributed by atoms with Gasteiger partial charge in [0.1, 0.15) is 5.69 Å². The fourth-order valence-electron chi connectivity index (χ4n) is 1.21. The van der Waals surface area contributed by atoms with Crippen molar-refractivity contribution in [1.29, 1.82) is 0 Å². The Kier molecular flexibility index (Phi) is 5.77. The molecule has 0 aliphatic carbocycles. The molecule has 0 aliphatic rings. The fraction of sp³-hybridized carbons (Fsp3) is 0.400. The predicted octanol–water partition coefficient (Wildman–Crippen LogP) is 2.79. The second-order valence-electron chi connectivity index (χ2n) is 3.19. The van der Waals surface area contributed by atoms with Crippen molar-refractivity contribution in [3.8, 4) is 0 Å². The van der Waals surface area contributed by atoms with E-state index in [1.807, 2.05) is 0 Å². The van der Waals surface area contributed by atoms with Crippen molar-refractivity contribution in [1.82, 2.24) is 9.88 Å². The van der Waals surface area contributed by atoms with E-state index in [1.165, 1.54) is 12.3 Å². The van der Waals surface area contributed by atoms with E-state index in [-0.39, 0.29) is 18.1 Å². The lowest BCUT2D eigenvalue weighted by atomic mass is 10.3. The molecular formula is C10H10BrClF2N2O. The van der Waals surface area contributed by atoms with Crippen molar-refractivity contribution in [2.45, 2.75) is 6.43 Å². The SMILES string of the molecule is O=C(c1ccc(Br)cn1)N(CCCl)CC(F)F. The van der Waals surface area contributed by atoms with E-state index in [0.29, 0.717) is 4.47 Å². The third kappa shape index (κ3) is 4.55. The lowest BCUT2D eigenvalue weighted by molar-refractivity contribution is 0.0566. The van der Waals surface area contributed by atoms with Gasteiger partial charge in [-0.15, -0.1) is 11.6 Å². The van der Waals surface area contributed by atoms with E-state index in [1.54, 1.807) is 6.07 Å². The maximum Gasteiger partial charge on any atom is 0.272 e. The monoisotopic (exact) mass is 326 g/mol. The lowest BCUT2D eigenvalue weighted by Gasteiger charge is -2.20. The molecule has 0 aliphatic heterocycles. The molecule has 1 rings (SSSR count). The van der Waals surface area contributed by atoms with Crippen molar-refractivity contribution in [3.05, 3.63) is 28.5 Å². The van der Waals surface area contributed by atoms with Gasteiger partial charge in [0, 0.05) is 23.1 Å². The highest BCUT2D eigenvalue weighted by Crippen LogP contribution is 2.10. The Labute approximate surface area is 111 Å². The van der Waals surface area contributed by atoms with E-state index in [9.17, 15) is 13.6 Å². The van der Waals surface area contributed by atoms with Gasteiger partial charge in [0.25, 0.3) is 12.3 Å². The van der Waals surface area contributed by atoms with Gasteiger partial charge in [0.15, 0.2) is 0 Å². The highest BCUT2D eigenvalue weighted by atomic mass is 79.9. The number of halogens is 4. The van der Waals surface area contributed by atoms with Crippen molar-refractivity contribution < 1.29 is 13.6 Å². The van der Waals surface area contributed by atoms with Crippen LogP contribution in [0.25, 0.3) is 0 Å². The zero-order chi connectivity index (χ0) is 12.8. The van der Waals surface area contributed by atoms with Gasteiger partial charge < -0.3 is 4.90 Å². The third-order valence-electron chi connectivity index (χ3n) is 1.95. The standard InChI is InChI=1S/C10H10BrClF2N2O/c11-7-1-2-8(15-5-7)10(17)16(4-3-12)6-9(13)14/h1-2,5,9H,3-4,6H2. The van der Waals surface area contributed by atoms with E-state index < -0.39 is 18.9 Å². The quantitative estimate of drug-likeness (QED) is 0.779. The number of rotatable bonds is 5. The summed E-state index contributed by atoms with van der Waals surface area (Å²) in [5.74, 6) is -0.437. The number of carbonyl (C=O) groups is 1. The molecule has 0 spiro atoms. The minimum atomic E-state index is -2.59. The summed E-state index contributed by atoms with van der Waals surface area (Å²) in [6, 6.07) is 3.10. The van der Waals surface area contributed by atoms with Gasteiger partial charge in [-0.1, -0.05) is 0 Å². The van der Waals surface area contributed by atoms with E-state index in [4.69, 9.17) is 11.6 Å². The van der Waals surface area contributed by atoms with Gasteiger partial charge in [0.05, 0.1) is 6.54 Å². The normalized spacial score (nSPS) is 10.6. The number of hydrogen-bond acceptors (Lipinski definition) is 2. The molecule has 1 heterocycles.